The van der Waals surface area contributed by atoms with Crippen molar-refractivity contribution in [1.29, 1.82) is 5.26 Å². The number of benzene rings is 2. The fourth-order valence-electron chi connectivity index (χ4n) is 3.34. The first-order valence-corrected chi connectivity index (χ1v) is 8.97. The number of H-pyrrole nitrogens is 1. The van der Waals surface area contributed by atoms with Crippen LogP contribution in [0.2, 0.25) is 0 Å². The van der Waals surface area contributed by atoms with Gasteiger partial charge in [0, 0.05) is 11.3 Å². The molecule has 6 nitrogen and oxygen atoms in total. The lowest BCUT2D eigenvalue weighted by Gasteiger charge is -2.23. The largest absolute Gasteiger partial charge is 0.489 e. The van der Waals surface area contributed by atoms with Gasteiger partial charge in [-0.15, -0.1) is 5.10 Å². The van der Waals surface area contributed by atoms with Gasteiger partial charge in [-0.3, -0.25) is 5.10 Å². The number of aromatic nitrogens is 2. The SMILES string of the molecule is Cc1ccc(COc2ccc([C@H]3C(C#N)=C(N)Oc4n[nH]c(C)c43)cc2)cc1. The van der Waals surface area contributed by atoms with Crippen molar-refractivity contribution in [3.63, 3.8) is 0 Å². The van der Waals surface area contributed by atoms with E-state index in [2.05, 4.69) is 47.5 Å². The Morgan fingerprint density at radius 1 is 1.14 bits per heavy atom. The molecule has 2 heterocycles. The Kier molecular flexibility index (Phi) is 4.50. The highest BCUT2D eigenvalue weighted by Gasteiger charge is 2.34. The van der Waals surface area contributed by atoms with Gasteiger partial charge < -0.3 is 15.2 Å². The van der Waals surface area contributed by atoms with Gasteiger partial charge in [-0.1, -0.05) is 42.0 Å². The number of fused-ring (bicyclic) bond motifs is 1. The highest BCUT2D eigenvalue weighted by Crippen LogP contribution is 2.42. The van der Waals surface area contributed by atoms with E-state index >= 15 is 0 Å². The second kappa shape index (κ2) is 7.12. The predicted molar refractivity (Wildman–Crippen MR) is 105 cm³/mol. The van der Waals surface area contributed by atoms with Crippen molar-refractivity contribution in [2.45, 2.75) is 26.4 Å². The summed E-state index contributed by atoms with van der Waals surface area (Å²) in [6.07, 6.45) is 0. The zero-order chi connectivity index (χ0) is 19.7. The van der Waals surface area contributed by atoms with Crippen LogP contribution in [-0.2, 0) is 6.61 Å². The maximum Gasteiger partial charge on any atom is 0.244 e. The predicted octanol–water partition coefficient (Wildman–Crippen LogP) is 3.82. The van der Waals surface area contributed by atoms with Gasteiger partial charge in [-0.05, 0) is 37.1 Å². The third kappa shape index (κ3) is 3.19. The number of nitrogens with one attached hydrogen (secondary N) is 1. The Bertz CT molecular complexity index is 1070. The molecule has 2 aromatic carbocycles. The number of hydrogen-bond donors (Lipinski definition) is 2. The molecular weight excluding hydrogens is 352 g/mol. The molecule has 28 heavy (non-hydrogen) atoms. The standard InChI is InChI=1S/C22H20N4O2/c1-13-3-5-15(6-4-13)12-27-17-9-7-16(8-10-17)20-18(11-23)21(24)28-22-19(20)14(2)25-26-22/h3-10,20H,12,24H2,1-2H3,(H,25,26)/t20-/m0/s1. The van der Waals surface area contributed by atoms with Crippen LogP contribution < -0.4 is 15.2 Å². The number of rotatable bonds is 4. The molecule has 0 bridgehead atoms. The second-order valence-corrected chi connectivity index (χ2v) is 6.84. The highest BCUT2D eigenvalue weighted by molar-refractivity contribution is 5.55. The zero-order valence-corrected chi connectivity index (χ0v) is 15.7. The number of nitrogens with zero attached hydrogens (tertiary/aromatic N) is 2. The molecule has 6 heteroatoms. The van der Waals surface area contributed by atoms with Gasteiger partial charge in [0.2, 0.25) is 11.8 Å². The summed E-state index contributed by atoms with van der Waals surface area (Å²) in [6.45, 7) is 4.46. The van der Waals surface area contributed by atoms with Crippen LogP contribution in [-0.4, -0.2) is 10.2 Å². The first-order chi connectivity index (χ1) is 13.6. The molecule has 1 aromatic heterocycles. The number of nitriles is 1. The number of aryl methyl sites for hydroxylation is 2. The van der Waals surface area contributed by atoms with Crippen LogP contribution >= 0.6 is 0 Å². The van der Waals surface area contributed by atoms with Gasteiger partial charge in [-0.2, -0.15) is 5.26 Å². The first-order valence-electron chi connectivity index (χ1n) is 8.97. The van der Waals surface area contributed by atoms with Crippen molar-refractivity contribution in [2.75, 3.05) is 0 Å². The molecule has 1 aliphatic rings. The smallest absolute Gasteiger partial charge is 0.244 e. The van der Waals surface area contributed by atoms with Crippen molar-refractivity contribution in [1.82, 2.24) is 10.2 Å². The van der Waals surface area contributed by atoms with Crippen LogP contribution in [0.15, 0.2) is 60.0 Å². The van der Waals surface area contributed by atoms with Gasteiger partial charge in [-0.25, -0.2) is 0 Å². The van der Waals surface area contributed by atoms with E-state index in [-0.39, 0.29) is 11.8 Å². The lowest BCUT2D eigenvalue weighted by atomic mass is 9.84. The van der Waals surface area contributed by atoms with E-state index in [9.17, 15) is 5.26 Å². The maximum absolute atomic E-state index is 9.61. The summed E-state index contributed by atoms with van der Waals surface area (Å²) >= 11 is 0. The molecule has 140 valence electrons. The highest BCUT2D eigenvalue weighted by atomic mass is 16.5. The average molecular weight is 372 g/mol. The molecule has 0 unspecified atom stereocenters. The second-order valence-electron chi connectivity index (χ2n) is 6.84. The van der Waals surface area contributed by atoms with Gasteiger partial charge in [0.15, 0.2) is 0 Å². The molecule has 0 amide bonds. The van der Waals surface area contributed by atoms with Gasteiger partial charge >= 0.3 is 0 Å². The van der Waals surface area contributed by atoms with E-state index < -0.39 is 0 Å². The summed E-state index contributed by atoms with van der Waals surface area (Å²) in [5, 5.41) is 16.7. The summed E-state index contributed by atoms with van der Waals surface area (Å²) in [6, 6.07) is 18.1. The van der Waals surface area contributed by atoms with Crippen LogP contribution in [0, 0.1) is 25.2 Å². The van der Waals surface area contributed by atoms with Crippen LogP contribution in [0.3, 0.4) is 0 Å². The van der Waals surface area contributed by atoms with Crippen molar-refractivity contribution in [2.24, 2.45) is 5.73 Å². The number of hydrogen-bond acceptors (Lipinski definition) is 5. The van der Waals surface area contributed by atoms with Gasteiger partial charge in [0.25, 0.3) is 0 Å². The molecule has 1 aliphatic heterocycles. The summed E-state index contributed by atoms with van der Waals surface area (Å²) in [7, 11) is 0. The van der Waals surface area contributed by atoms with Crippen LogP contribution in [0.1, 0.15) is 33.9 Å². The summed E-state index contributed by atoms with van der Waals surface area (Å²) in [5.74, 6) is 0.944. The Morgan fingerprint density at radius 3 is 2.54 bits per heavy atom. The van der Waals surface area contributed by atoms with Crippen molar-refractivity contribution in [3.8, 4) is 17.7 Å². The third-order valence-electron chi connectivity index (χ3n) is 4.87. The van der Waals surface area contributed by atoms with E-state index in [0.29, 0.717) is 18.1 Å². The fraction of sp³-hybridized carbons (Fsp3) is 0.182. The Balaban J connectivity index is 1.58. The lowest BCUT2D eigenvalue weighted by Crippen LogP contribution is -2.21. The minimum atomic E-state index is -0.321. The number of allylic oxidation sites excluding steroid dienone is 1. The summed E-state index contributed by atoms with van der Waals surface area (Å²) in [4.78, 5) is 0. The molecule has 0 spiro atoms. The molecule has 0 aliphatic carbocycles. The van der Waals surface area contributed by atoms with Crippen LogP contribution in [0.5, 0.6) is 11.6 Å². The quantitative estimate of drug-likeness (QED) is 0.725. The maximum atomic E-state index is 9.61. The summed E-state index contributed by atoms with van der Waals surface area (Å²) in [5.41, 5.74) is 11.3. The van der Waals surface area contributed by atoms with Crippen molar-refractivity contribution >= 4 is 0 Å². The van der Waals surface area contributed by atoms with Gasteiger partial charge in [0.05, 0.1) is 5.92 Å². The van der Waals surface area contributed by atoms with E-state index in [1.54, 1.807) is 0 Å². The Hall–Kier alpha value is -3.72. The molecule has 3 aromatic rings. The Morgan fingerprint density at radius 2 is 1.86 bits per heavy atom. The molecule has 1 atom stereocenters. The lowest BCUT2D eigenvalue weighted by molar-refractivity contribution is 0.306. The molecule has 0 saturated heterocycles. The molecule has 0 fully saturated rings. The number of nitrogens with two attached hydrogens (primary N) is 1. The number of ether oxygens (including phenoxy) is 2. The Labute approximate surface area is 163 Å². The molecule has 3 N–H and O–H groups in total. The van der Waals surface area contributed by atoms with E-state index in [0.717, 1.165) is 28.1 Å². The van der Waals surface area contributed by atoms with E-state index in [1.165, 1.54) is 5.56 Å². The molecule has 4 rings (SSSR count). The van der Waals surface area contributed by atoms with Gasteiger partial charge in [0.1, 0.15) is 24.0 Å². The summed E-state index contributed by atoms with van der Waals surface area (Å²) < 4.78 is 11.4. The normalized spacial score (nSPS) is 15.5. The minimum Gasteiger partial charge on any atom is -0.489 e. The molecule has 0 radical (unpaired) electrons. The third-order valence-corrected chi connectivity index (χ3v) is 4.87. The average Bonchev–Trinajstić information content (AvgIpc) is 3.07. The first kappa shape index (κ1) is 17.7. The van der Waals surface area contributed by atoms with E-state index in [1.807, 2.05) is 31.2 Å². The van der Waals surface area contributed by atoms with Crippen LogP contribution in [0.4, 0.5) is 0 Å². The van der Waals surface area contributed by atoms with Crippen molar-refractivity contribution < 1.29 is 9.47 Å². The monoisotopic (exact) mass is 372 g/mol. The number of aromatic amines is 1. The van der Waals surface area contributed by atoms with E-state index in [4.69, 9.17) is 15.2 Å². The molecule has 0 saturated carbocycles. The fourth-order valence-corrected chi connectivity index (χ4v) is 3.34. The minimum absolute atomic E-state index is 0.0891. The van der Waals surface area contributed by atoms with Crippen molar-refractivity contribution in [3.05, 3.63) is 87.9 Å². The topological polar surface area (TPSA) is 96.9 Å². The van der Waals surface area contributed by atoms with Crippen LogP contribution in [0.25, 0.3) is 0 Å². The molecular formula is C22H20N4O2. The zero-order valence-electron chi connectivity index (χ0n) is 15.7.